The topological polar surface area (TPSA) is 124 Å². The molecule has 0 aliphatic carbocycles. The maximum Gasteiger partial charge on any atom is 0.599 e. The second-order valence-electron chi connectivity index (χ2n) is 6.43. The Morgan fingerprint density at radius 1 is 1.28 bits per heavy atom. The molecule has 2 aromatic heterocycles. The summed E-state index contributed by atoms with van der Waals surface area (Å²) in [5.74, 6) is -0.760. The lowest BCUT2D eigenvalue weighted by molar-refractivity contribution is -0.117. The van der Waals surface area contributed by atoms with Crippen molar-refractivity contribution >= 4 is 63.2 Å². The van der Waals surface area contributed by atoms with Gasteiger partial charge >= 0.3 is 5.51 Å². The summed E-state index contributed by atoms with van der Waals surface area (Å²) in [5.41, 5.74) is -4.37. The zero-order valence-corrected chi connectivity index (χ0v) is 17.7. The predicted molar refractivity (Wildman–Crippen MR) is 113 cm³/mol. The number of carbonyl (C=O) groups excluding carboxylic acids is 2. The van der Waals surface area contributed by atoms with Crippen LogP contribution in [0.15, 0.2) is 47.9 Å². The van der Waals surface area contributed by atoms with Crippen molar-refractivity contribution in [3.05, 3.63) is 48.6 Å². The number of pyridine rings is 1. The number of anilines is 2. The average Bonchev–Trinajstić information content (AvgIpc) is 3.30. The van der Waals surface area contributed by atoms with Gasteiger partial charge in [0.1, 0.15) is 11.8 Å². The Balaban J connectivity index is 1.67. The van der Waals surface area contributed by atoms with Crippen LogP contribution in [0.25, 0.3) is 16.7 Å². The first kappa shape index (κ1) is 22.0. The molecule has 14 heteroatoms. The number of amides is 2. The van der Waals surface area contributed by atoms with Crippen molar-refractivity contribution in [3.8, 4) is 0 Å². The first-order chi connectivity index (χ1) is 15.1. The smallest absolute Gasteiger partial charge is 0.585 e. The molecule has 3 heterocycles. The highest BCUT2D eigenvalue weighted by atomic mass is 32.2. The van der Waals surface area contributed by atoms with Gasteiger partial charge in [-0.25, -0.2) is 9.97 Å². The van der Waals surface area contributed by atoms with E-state index in [1.807, 2.05) is 0 Å². The quantitative estimate of drug-likeness (QED) is 0.290. The van der Waals surface area contributed by atoms with Gasteiger partial charge < -0.3 is 15.2 Å². The molecule has 0 radical (unpaired) electrons. The van der Waals surface area contributed by atoms with Gasteiger partial charge in [-0.15, -0.1) is 17.1 Å². The van der Waals surface area contributed by atoms with Crippen LogP contribution in [0.2, 0.25) is 0 Å². The van der Waals surface area contributed by atoms with Crippen LogP contribution in [-0.4, -0.2) is 35.8 Å². The number of nitrogens with zero attached hydrogens (tertiary/aromatic N) is 3. The van der Waals surface area contributed by atoms with E-state index in [9.17, 15) is 27.3 Å². The zero-order valence-electron chi connectivity index (χ0n) is 16.1. The summed E-state index contributed by atoms with van der Waals surface area (Å²) in [6, 6.07) is 6.85. The molecule has 3 aromatic rings. The van der Waals surface area contributed by atoms with Gasteiger partial charge in [-0.05, 0) is 36.2 Å². The third-order valence-electron chi connectivity index (χ3n) is 4.23. The van der Waals surface area contributed by atoms with E-state index in [-0.39, 0.29) is 33.9 Å². The molecular formula is C18H13F3N6O3S2. The molecule has 1 aliphatic rings. The number of hydrogen-bond donors (Lipinski definition) is 3. The molecular weight excluding hydrogens is 469 g/mol. The average molecular weight is 482 g/mol. The summed E-state index contributed by atoms with van der Waals surface area (Å²) in [7, 11) is 0. The Hall–Kier alpha value is -3.23. The summed E-state index contributed by atoms with van der Waals surface area (Å²) in [6.45, 7) is 1.39. The van der Waals surface area contributed by atoms with Crippen LogP contribution in [0.3, 0.4) is 0 Å². The number of rotatable bonds is 5. The van der Waals surface area contributed by atoms with E-state index in [1.165, 1.54) is 19.3 Å². The Kier molecular flexibility index (Phi) is 5.75. The van der Waals surface area contributed by atoms with Crippen LogP contribution in [0.5, 0.6) is 0 Å². The standard InChI is InChI=1S/C18H13F3N6O3S2/c1-9(28)26-31-11-4-2-10(3-5-11)22-6-12-14-13(25-17(12)29)7-23-16-15(14)27(8-24-16)32(30)18(19,20)21/h2-8,22H,1H3,(H,25,29)(H,26,28)/b12-6-. The maximum atomic E-state index is 13.1. The van der Waals surface area contributed by atoms with Gasteiger partial charge in [-0.1, -0.05) is 0 Å². The number of aromatic nitrogens is 3. The van der Waals surface area contributed by atoms with Gasteiger partial charge in [0.05, 0.1) is 17.5 Å². The van der Waals surface area contributed by atoms with Crippen molar-refractivity contribution in [2.24, 2.45) is 0 Å². The molecule has 1 unspecified atom stereocenters. The fraction of sp³-hybridized carbons (Fsp3) is 0.111. The molecule has 4 rings (SSSR count). The Bertz CT molecular complexity index is 1240. The van der Waals surface area contributed by atoms with E-state index in [0.717, 1.165) is 23.2 Å². The molecule has 1 aliphatic heterocycles. The molecule has 3 N–H and O–H groups in total. The van der Waals surface area contributed by atoms with Crippen molar-refractivity contribution in [3.63, 3.8) is 0 Å². The monoisotopic (exact) mass is 482 g/mol. The highest BCUT2D eigenvalue weighted by Gasteiger charge is 2.48. The minimum absolute atomic E-state index is 0.0324. The second-order valence-corrected chi connectivity index (χ2v) is 8.66. The molecule has 0 spiro atoms. The first-order valence-corrected chi connectivity index (χ1v) is 10.7. The Morgan fingerprint density at radius 3 is 2.66 bits per heavy atom. The maximum absolute atomic E-state index is 13.1. The number of halogens is 3. The molecule has 0 bridgehead atoms. The number of nitrogens with one attached hydrogen (secondary N) is 3. The van der Waals surface area contributed by atoms with E-state index in [1.54, 1.807) is 24.3 Å². The molecule has 0 saturated heterocycles. The van der Waals surface area contributed by atoms with E-state index in [4.69, 9.17) is 0 Å². The normalized spacial score (nSPS) is 15.5. The third kappa shape index (κ3) is 4.24. The van der Waals surface area contributed by atoms with E-state index in [0.29, 0.717) is 9.66 Å². The van der Waals surface area contributed by atoms with E-state index >= 15 is 0 Å². The second kappa shape index (κ2) is 8.37. The number of carbonyl (C=O) groups is 2. The third-order valence-corrected chi connectivity index (χ3v) is 6.16. The molecule has 166 valence electrons. The minimum atomic E-state index is -5.02. The lowest BCUT2D eigenvalue weighted by atomic mass is 10.1. The number of alkyl halides is 3. The van der Waals surface area contributed by atoms with Gasteiger partial charge in [-0.3, -0.25) is 14.3 Å². The van der Waals surface area contributed by atoms with Crippen LogP contribution in [-0.2, 0) is 21.0 Å². The predicted octanol–water partition coefficient (Wildman–Crippen LogP) is 3.01. The summed E-state index contributed by atoms with van der Waals surface area (Å²) in [5, 5.41) is 5.45. The van der Waals surface area contributed by atoms with Crippen molar-refractivity contribution < 1.29 is 27.3 Å². The molecule has 9 nitrogen and oxygen atoms in total. The summed E-state index contributed by atoms with van der Waals surface area (Å²) in [6.07, 6.45) is 3.39. The Labute approximate surface area is 185 Å². The van der Waals surface area contributed by atoms with E-state index in [2.05, 4.69) is 25.3 Å². The lowest BCUT2D eigenvalue weighted by Crippen LogP contribution is -2.29. The van der Waals surface area contributed by atoms with Gasteiger partial charge in [0, 0.05) is 29.3 Å². The number of fused-ring (bicyclic) bond motifs is 3. The SMILES string of the molecule is CC(=O)NSc1ccc(N/C=C2\C(=O)Nc3cnc4ncn([S+]([O-])C(F)(F)F)c4c32)cc1. The van der Waals surface area contributed by atoms with Gasteiger partial charge in [0.25, 0.3) is 5.91 Å². The number of imidazole rings is 1. The summed E-state index contributed by atoms with van der Waals surface area (Å²) in [4.78, 5) is 32.0. The highest BCUT2D eigenvalue weighted by Crippen LogP contribution is 2.38. The van der Waals surface area contributed by atoms with Gasteiger partial charge in [0.15, 0.2) is 17.0 Å². The number of hydrogen-bond acceptors (Lipinski definition) is 7. The van der Waals surface area contributed by atoms with Crippen molar-refractivity contribution in [1.82, 2.24) is 18.7 Å². The molecule has 0 saturated carbocycles. The molecule has 1 aromatic carbocycles. The van der Waals surface area contributed by atoms with Crippen molar-refractivity contribution in [2.75, 3.05) is 10.6 Å². The van der Waals surface area contributed by atoms with Crippen LogP contribution in [0, 0.1) is 0 Å². The molecule has 2 amide bonds. The first-order valence-electron chi connectivity index (χ1n) is 8.82. The number of benzene rings is 1. The van der Waals surface area contributed by atoms with Gasteiger partial charge in [-0.2, -0.15) is 0 Å². The van der Waals surface area contributed by atoms with Crippen molar-refractivity contribution in [2.45, 2.75) is 17.3 Å². The minimum Gasteiger partial charge on any atom is -0.585 e. The molecule has 32 heavy (non-hydrogen) atoms. The Morgan fingerprint density at radius 2 is 2.00 bits per heavy atom. The summed E-state index contributed by atoms with van der Waals surface area (Å²) >= 11 is -2.28. The largest absolute Gasteiger partial charge is 0.599 e. The van der Waals surface area contributed by atoms with Gasteiger partial charge in [0.2, 0.25) is 5.91 Å². The van der Waals surface area contributed by atoms with Crippen LogP contribution >= 0.6 is 11.9 Å². The van der Waals surface area contributed by atoms with Crippen molar-refractivity contribution in [1.29, 1.82) is 0 Å². The van der Waals surface area contributed by atoms with Crippen LogP contribution < -0.4 is 15.4 Å². The molecule has 0 fully saturated rings. The van der Waals surface area contributed by atoms with Crippen LogP contribution in [0.4, 0.5) is 24.5 Å². The fourth-order valence-electron chi connectivity index (χ4n) is 2.91. The van der Waals surface area contributed by atoms with E-state index < -0.39 is 22.8 Å². The zero-order chi connectivity index (χ0) is 23.0. The fourth-order valence-corrected chi connectivity index (χ4v) is 4.14. The lowest BCUT2D eigenvalue weighted by Gasteiger charge is -2.13. The van der Waals surface area contributed by atoms with Crippen LogP contribution in [0.1, 0.15) is 12.5 Å². The summed E-state index contributed by atoms with van der Waals surface area (Å²) < 4.78 is 54.2. The molecule has 1 atom stereocenters. The highest BCUT2D eigenvalue weighted by molar-refractivity contribution is 7.98.